The monoisotopic (exact) mass is 597 g/mol. The van der Waals surface area contributed by atoms with Gasteiger partial charge in [-0.2, -0.15) is 0 Å². The van der Waals surface area contributed by atoms with E-state index >= 15 is 0 Å². The Morgan fingerprint density at radius 2 is 0.915 bits per heavy atom. The summed E-state index contributed by atoms with van der Waals surface area (Å²) in [4.78, 5) is 4.73. The molecule has 0 amide bonds. The maximum absolute atomic E-state index is 4.73. The van der Waals surface area contributed by atoms with Gasteiger partial charge in [-0.05, 0) is 107 Å². The first-order chi connectivity index (χ1) is 23.2. The van der Waals surface area contributed by atoms with Crippen LogP contribution in [-0.4, -0.2) is 4.98 Å². The number of benzene rings is 8. The minimum Gasteiger partial charge on any atom is -0.256 e. The fraction of sp³-hybridized carbons (Fsp3) is 0.0217. The summed E-state index contributed by atoms with van der Waals surface area (Å²) in [5, 5.41) is 10.1. The van der Waals surface area contributed by atoms with Gasteiger partial charge in [-0.3, -0.25) is 4.98 Å². The second-order valence-corrected chi connectivity index (χ2v) is 12.4. The molecule has 0 aliphatic carbocycles. The Morgan fingerprint density at radius 3 is 1.62 bits per heavy atom. The van der Waals surface area contributed by atoms with E-state index in [1.807, 2.05) is 6.20 Å². The Hall–Kier alpha value is -6.05. The maximum Gasteiger partial charge on any atom is 0.0708 e. The Kier molecular flexibility index (Phi) is 6.43. The van der Waals surface area contributed by atoms with Gasteiger partial charge >= 0.3 is 0 Å². The number of hydrogen-bond acceptors (Lipinski definition) is 1. The highest BCUT2D eigenvalue weighted by atomic mass is 14.7. The van der Waals surface area contributed by atoms with E-state index in [0.29, 0.717) is 0 Å². The molecule has 0 atom stereocenters. The first kappa shape index (κ1) is 27.3. The zero-order chi connectivity index (χ0) is 31.3. The predicted octanol–water partition coefficient (Wildman–Crippen LogP) is 12.7. The Morgan fingerprint density at radius 1 is 0.362 bits per heavy atom. The van der Waals surface area contributed by atoms with E-state index < -0.39 is 0 Å². The highest BCUT2D eigenvalue weighted by Crippen LogP contribution is 2.45. The van der Waals surface area contributed by atoms with Crippen molar-refractivity contribution in [2.24, 2.45) is 0 Å². The van der Waals surface area contributed by atoms with E-state index in [2.05, 4.69) is 171 Å². The molecule has 1 heterocycles. The van der Waals surface area contributed by atoms with Crippen LogP contribution in [0.25, 0.3) is 87.7 Å². The first-order valence-electron chi connectivity index (χ1n) is 16.2. The van der Waals surface area contributed by atoms with Crippen molar-refractivity contribution in [3.05, 3.63) is 176 Å². The minimum absolute atomic E-state index is 0.980. The molecule has 9 rings (SSSR count). The third kappa shape index (κ3) is 4.59. The summed E-state index contributed by atoms with van der Waals surface area (Å²) in [6.07, 6.45) is 1.92. The van der Waals surface area contributed by atoms with Gasteiger partial charge in [0.25, 0.3) is 0 Å². The third-order valence-electron chi connectivity index (χ3n) is 9.65. The first-order valence-corrected chi connectivity index (χ1v) is 16.2. The van der Waals surface area contributed by atoms with Crippen LogP contribution in [0.3, 0.4) is 0 Å². The Balaban J connectivity index is 1.18. The lowest BCUT2D eigenvalue weighted by molar-refractivity contribution is 1.33. The van der Waals surface area contributed by atoms with Crippen molar-refractivity contribution < 1.29 is 0 Å². The van der Waals surface area contributed by atoms with Crippen LogP contribution in [0.1, 0.15) is 5.56 Å². The molecule has 9 aromatic rings. The summed E-state index contributed by atoms with van der Waals surface area (Å²) < 4.78 is 0. The molecule has 47 heavy (non-hydrogen) atoms. The van der Waals surface area contributed by atoms with Gasteiger partial charge in [0.1, 0.15) is 0 Å². The van der Waals surface area contributed by atoms with E-state index in [4.69, 9.17) is 4.98 Å². The summed E-state index contributed by atoms with van der Waals surface area (Å²) in [5.41, 5.74) is 10.8. The second kappa shape index (κ2) is 11.1. The summed E-state index contributed by atoms with van der Waals surface area (Å²) in [5.74, 6) is 0. The van der Waals surface area contributed by atoms with Crippen molar-refractivity contribution >= 4 is 43.1 Å². The molecule has 0 unspecified atom stereocenters. The van der Waals surface area contributed by atoms with Crippen LogP contribution in [0, 0.1) is 6.92 Å². The number of pyridine rings is 1. The van der Waals surface area contributed by atoms with E-state index in [9.17, 15) is 0 Å². The second-order valence-electron chi connectivity index (χ2n) is 12.4. The summed E-state index contributed by atoms with van der Waals surface area (Å²) in [6, 6.07) is 59.5. The van der Waals surface area contributed by atoms with Crippen LogP contribution in [-0.2, 0) is 0 Å². The highest BCUT2D eigenvalue weighted by Gasteiger charge is 2.18. The van der Waals surface area contributed by atoms with Gasteiger partial charge in [0.15, 0.2) is 0 Å². The SMILES string of the molecule is Cc1ccc(-c2c3ccccc3c(-c3ccc(-c4ccnc(-c5ccc6ccccc6c5)c4)cc3)c3ccccc23)c2ccccc12. The Bertz CT molecular complexity index is 2570. The fourth-order valence-corrected chi connectivity index (χ4v) is 7.34. The lowest BCUT2D eigenvalue weighted by Gasteiger charge is -2.19. The molecule has 0 saturated heterocycles. The van der Waals surface area contributed by atoms with Crippen molar-refractivity contribution in [1.82, 2.24) is 4.98 Å². The molecule has 1 heteroatoms. The van der Waals surface area contributed by atoms with Gasteiger partial charge in [-0.1, -0.05) is 146 Å². The van der Waals surface area contributed by atoms with Crippen molar-refractivity contribution in [1.29, 1.82) is 0 Å². The molecule has 1 nitrogen and oxygen atoms in total. The molecule has 0 bridgehead atoms. The molecule has 0 fully saturated rings. The molecule has 0 radical (unpaired) electrons. The number of aromatic nitrogens is 1. The Labute approximate surface area is 274 Å². The van der Waals surface area contributed by atoms with Crippen LogP contribution >= 0.6 is 0 Å². The summed E-state index contributed by atoms with van der Waals surface area (Å²) in [6.45, 7) is 2.20. The van der Waals surface area contributed by atoms with Crippen molar-refractivity contribution in [2.75, 3.05) is 0 Å². The van der Waals surface area contributed by atoms with Gasteiger partial charge < -0.3 is 0 Å². The van der Waals surface area contributed by atoms with Gasteiger partial charge in [-0.15, -0.1) is 0 Å². The number of fused-ring (bicyclic) bond motifs is 4. The third-order valence-corrected chi connectivity index (χ3v) is 9.65. The van der Waals surface area contributed by atoms with Crippen molar-refractivity contribution in [3.63, 3.8) is 0 Å². The number of hydrogen-bond donors (Lipinski definition) is 0. The molecule has 0 N–H and O–H groups in total. The molecule has 220 valence electrons. The molecule has 0 aliphatic rings. The smallest absolute Gasteiger partial charge is 0.0708 e. The van der Waals surface area contributed by atoms with Gasteiger partial charge in [0, 0.05) is 11.8 Å². The van der Waals surface area contributed by atoms with Gasteiger partial charge in [0.05, 0.1) is 5.69 Å². The van der Waals surface area contributed by atoms with Crippen LogP contribution in [0.5, 0.6) is 0 Å². The van der Waals surface area contributed by atoms with Crippen molar-refractivity contribution in [2.45, 2.75) is 6.92 Å². The van der Waals surface area contributed by atoms with Crippen LogP contribution in [0.2, 0.25) is 0 Å². The number of rotatable bonds is 4. The lowest BCUT2D eigenvalue weighted by Crippen LogP contribution is -1.92. The van der Waals surface area contributed by atoms with E-state index in [-0.39, 0.29) is 0 Å². The van der Waals surface area contributed by atoms with Crippen LogP contribution in [0.15, 0.2) is 170 Å². The number of aryl methyl sites for hydroxylation is 1. The molecule has 0 spiro atoms. The zero-order valence-electron chi connectivity index (χ0n) is 26.1. The standard InChI is InChI=1S/C46H31N/c1-30-18-25-43(38-13-5-4-12-37(30)38)46-41-16-8-6-14-39(41)45(40-15-7-9-17-42(40)46)33-22-19-32(20-23-33)35-26-27-47-44(29-35)36-24-21-31-10-2-3-11-34(31)28-36/h2-29H,1H3. The normalized spacial score (nSPS) is 11.5. The molecule has 0 saturated carbocycles. The lowest BCUT2D eigenvalue weighted by atomic mass is 9.84. The fourth-order valence-electron chi connectivity index (χ4n) is 7.34. The van der Waals surface area contributed by atoms with Gasteiger partial charge in [-0.25, -0.2) is 0 Å². The van der Waals surface area contributed by atoms with Crippen molar-refractivity contribution in [3.8, 4) is 44.6 Å². The summed E-state index contributed by atoms with van der Waals surface area (Å²) in [7, 11) is 0. The summed E-state index contributed by atoms with van der Waals surface area (Å²) >= 11 is 0. The minimum atomic E-state index is 0.980. The van der Waals surface area contributed by atoms with E-state index in [1.165, 1.54) is 76.5 Å². The molecular formula is C46H31N. The highest BCUT2D eigenvalue weighted by molar-refractivity contribution is 6.23. The number of nitrogens with zero attached hydrogens (tertiary/aromatic N) is 1. The average molecular weight is 598 g/mol. The predicted molar refractivity (Wildman–Crippen MR) is 201 cm³/mol. The van der Waals surface area contributed by atoms with E-state index in [0.717, 1.165) is 16.8 Å². The largest absolute Gasteiger partial charge is 0.256 e. The van der Waals surface area contributed by atoms with Gasteiger partial charge in [0.2, 0.25) is 0 Å². The average Bonchev–Trinajstić information content (AvgIpc) is 3.14. The van der Waals surface area contributed by atoms with Crippen LogP contribution in [0.4, 0.5) is 0 Å². The van der Waals surface area contributed by atoms with Crippen LogP contribution < -0.4 is 0 Å². The molecule has 8 aromatic carbocycles. The van der Waals surface area contributed by atoms with E-state index in [1.54, 1.807) is 0 Å². The molecular weight excluding hydrogens is 567 g/mol. The molecule has 1 aromatic heterocycles. The topological polar surface area (TPSA) is 12.9 Å². The molecule has 0 aliphatic heterocycles. The quantitative estimate of drug-likeness (QED) is 0.184. The maximum atomic E-state index is 4.73. The zero-order valence-corrected chi connectivity index (χ0v) is 26.1.